The van der Waals surface area contributed by atoms with E-state index in [0.29, 0.717) is 0 Å². The van der Waals surface area contributed by atoms with Crippen LogP contribution in [0.4, 0.5) is 0 Å². The molecule has 0 radical (unpaired) electrons. The predicted molar refractivity (Wildman–Crippen MR) is 55.2 cm³/mol. The Morgan fingerprint density at radius 1 is 1.38 bits per heavy atom. The molecular weight excluding hydrogens is 160 g/mol. The Bertz CT molecular complexity index is 358. The van der Waals surface area contributed by atoms with Crippen LogP contribution >= 0.6 is 0 Å². The summed E-state index contributed by atoms with van der Waals surface area (Å²) in [6, 6.07) is 4.19. The van der Waals surface area contributed by atoms with Gasteiger partial charge in [-0.15, -0.1) is 0 Å². The highest BCUT2D eigenvalue weighted by Gasteiger charge is 2.08. The fraction of sp³-hybridized carbons (Fsp3) is 0.273. The van der Waals surface area contributed by atoms with Crippen molar-refractivity contribution in [3.8, 4) is 0 Å². The van der Waals surface area contributed by atoms with E-state index in [1.54, 1.807) is 0 Å². The molecule has 68 valence electrons. The maximum Gasteiger partial charge on any atom is 0.112 e. The molecule has 0 N–H and O–H groups in total. The summed E-state index contributed by atoms with van der Waals surface area (Å²) < 4.78 is 2.20. The lowest BCUT2D eigenvalue weighted by molar-refractivity contribution is 0.500. The van der Waals surface area contributed by atoms with E-state index < -0.39 is 0 Å². The number of aryl methyl sites for hydroxylation is 1. The largest absolute Gasteiger partial charge is 0.357 e. The van der Waals surface area contributed by atoms with Crippen LogP contribution in [0.3, 0.4) is 0 Å². The zero-order chi connectivity index (χ0) is 9.26. The molecule has 2 heterocycles. The first-order valence-electron chi connectivity index (χ1n) is 4.51. The Kier molecular flexibility index (Phi) is 1.97. The van der Waals surface area contributed by atoms with Crippen LogP contribution in [-0.2, 0) is 0 Å². The van der Waals surface area contributed by atoms with Gasteiger partial charge in [-0.2, -0.15) is 0 Å². The van der Waals surface area contributed by atoms with Gasteiger partial charge in [-0.05, 0) is 25.1 Å². The minimum absolute atomic E-state index is 0.990. The summed E-state index contributed by atoms with van der Waals surface area (Å²) in [5.74, 6) is 1.24. The normalized spacial score (nSPS) is 16.2. The van der Waals surface area contributed by atoms with Crippen molar-refractivity contribution in [2.75, 3.05) is 13.6 Å². The highest BCUT2D eigenvalue weighted by atomic mass is 15.2. The van der Waals surface area contributed by atoms with E-state index in [0.717, 1.165) is 6.54 Å². The number of hydrogen-bond acceptors (Lipinski definition) is 1. The average molecular weight is 174 g/mol. The molecule has 0 atom stereocenters. The van der Waals surface area contributed by atoms with E-state index in [9.17, 15) is 0 Å². The Balaban J connectivity index is 2.40. The third-order valence-electron chi connectivity index (χ3n) is 2.35. The smallest absolute Gasteiger partial charge is 0.112 e. The fourth-order valence-electron chi connectivity index (χ4n) is 1.58. The van der Waals surface area contributed by atoms with Gasteiger partial charge in [-0.25, -0.2) is 0 Å². The van der Waals surface area contributed by atoms with Crippen LogP contribution in [-0.4, -0.2) is 23.1 Å². The Morgan fingerprint density at radius 2 is 2.23 bits per heavy atom. The standard InChI is InChI=1S/C11H14N2/c1-10-6-5-9-13(10)11-7-3-4-8-12(11)2/h3-7,9H,8H2,1-2H3. The van der Waals surface area contributed by atoms with Gasteiger partial charge < -0.3 is 9.47 Å². The average Bonchev–Trinajstić information content (AvgIpc) is 2.52. The molecule has 1 aliphatic heterocycles. The van der Waals surface area contributed by atoms with Crippen LogP contribution < -0.4 is 0 Å². The molecule has 0 saturated carbocycles. The lowest BCUT2D eigenvalue weighted by Gasteiger charge is -2.25. The number of rotatable bonds is 1. The number of nitrogens with zero attached hydrogens (tertiary/aromatic N) is 2. The molecule has 0 bridgehead atoms. The van der Waals surface area contributed by atoms with Crippen molar-refractivity contribution >= 4 is 5.82 Å². The lowest BCUT2D eigenvalue weighted by Crippen LogP contribution is -2.22. The first-order valence-corrected chi connectivity index (χ1v) is 4.51. The molecule has 2 heteroatoms. The van der Waals surface area contributed by atoms with Gasteiger partial charge in [-0.3, -0.25) is 0 Å². The molecule has 2 rings (SSSR count). The highest BCUT2D eigenvalue weighted by Crippen LogP contribution is 2.15. The third kappa shape index (κ3) is 1.39. The Hall–Kier alpha value is -1.44. The van der Waals surface area contributed by atoms with E-state index in [1.165, 1.54) is 11.5 Å². The van der Waals surface area contributed by atoms with Crippen molar-refractivity contribution in [2.24, 2.45) is 0 Å². The summed E-state index contributed by atoms with van der Waals surface area (Å²) in [7, 11) is 2.11. The van der Waals surface area contributed by atoms with Gasteiger partial charge in [0.25, 0.3) is 0 Å². The molecule has 2 nitrogen and oxygen atoms in total. The number of allylic oxidation sites excluding steroid dienone is 2. The number of likely N-dealkylation sites (N-methyl/N-ethyl adjacent to an activating group) is 1. The molecule has 0 aliphatic carbocycles. The predicted octanol–water partition coefficient (Wildman–Crippen LogP) is 2.10. The van der Waals surface area contributed by atoms with E-state index in [2.05, 4.69) is 60.0 Å². The molecule has 0 unspecified atom stereocenters. The molecule has 1 aliphatic rings. The zero-order valence-corrected chi connectivity index (χ0v) is 8.07. The third-order valence-corrected chi connectivity index (χ3v) is 2.35. The van der Waals surface area contributed by atoms with Crippen LogP contribution in [0.5, 0.6) is 0 Å². The van der Waals surface area contributed by atoms with Gasteiger partial charge in [0.1, 0.15) is 5.82 Å². The van der Waals surface area contributed by atoms with Crippen LogP contribution in [0.2, 0.25) is 0 Å². The summed E-state index contributed by atoms with van der Waals surface area (Å²) >= 11 is 0. The minimum atomic E-state index is 0.990. The fourth-order valence-corrected chi connectivity index (χ4v) is 1.58. The second-order valence-electron chi connectivity index (χ2n) is 3.35. The van der Waals surface area contributed by atoms with Gasteiger partial charge in [0.15, 0.2) is 0 Å². The van der Waals surface area contributed by atoms with E-state index in [-0.39, 0.29) is 0 Å². The molecule has 0 aromatic carbocycles. The number of aromatic nitrogens is 1. The van der Waals surface area contributed by atoms with Gasteiger partial charge in [-0.1, -0.05) is 12.2 Å². The summed E-state index contributed by atoms with van der Waals surface area (Å²) in [4.78, 5) is 2.23. The quantitative estimate of drug-likeness (QED) is 0.633. The first kappa shape index (κ1) is 8.17. The Labute approximate surface area is 78.8 Å². The summed E-state index contributed by atoms with van der Waals surface area (Å²) in [6.07, 6.45) is 8.49. The SMILES string of the molecule is Cc1cccn1C1=CC=CCN1C. The van der Waals surface area contributed by atoms with Crippen LogP contribution in [0.1, 0.15) is 5.69 Å². The van der Waals surface area contributed by atoms with E-state index in [4.69, 9.17) is 0 Å². The van der Waals surface area contributed by atoms with E-state index in [1.807, 2.05) is 0 Å². The van der Waals surface area contributed by atoms with Crippen LogP contribution in [0.25, 0.3) is 5.82 Å². The molecule has 1 aromatic heterocycles. The molecule has 0 amide bonds. The molecule has 13 heavy (non-hydrogen) atoms. The summed E-state index contributed by atoms with van der Waals surface area (Å²) in [5, 5.41) is 0. The molecular formula is C11H14N2. The van der Waals surface area contributed by atoms with Crippen LogP contribution in [0, 0.1) is 6.92 Å². The minimum Gasteiger partial charge on any atom is -0.357 e. The summed E-state index contributed by atoms with van der Waals surface area (Å²) in [6.45, 7) is 3.11. The van der Waals surface area contributed by atoms with Crippen molar-refractivity contribution in [1.29, 1.82) is 0 Å². The van der Waals surface area contributed by atoms with Crippen molar-refractivity contribution in [3.63, 3.8) is 0 Å². The first-order chi connectivity index (χ1) is 6.29. The second-order valence-corrected chi connectivity index (χ2v) is 3.35. The molecule has 0 fully saturated rings. The second kappa shape index (κ2) is 3.13. The molecule has 0 spiro atoms. The topological polar surface area (TPSA) is 8.17 Å². The Morgan fingerprint density at radius 3 is 2.85 bits per heavy atom. The highest BCUT2D eigenvalue weighted by molar-refractivity contribution is 5.50. The molecule has 0 saturated heterocycles. The van der Waals surface area contributed by atoms with Gasteiger partial charge in [0.05, 0.1) is 0 Å². The van der Waals surface area contributed by atoms with Crippen molar-refractivity contribution < 1.29 is 0 Å². The maximum atomic E-state index is 2.23. The monoisotopic (exact) mass is 174 g/mol. The van der Waals surface area contributed by atoms with Crippen molar-refractivity contribution in [1.82, 2.24) is 9.47 Å². The van der Waals surface area contributed by atoms with Gasteiger partial charge in [0.2, 0.25) is 0 Å². The van der Waals surface area contributed by atoms with Gasteiger partial charge >= 0.3 is 0 Å². The molecule has 1 aromatic rings. The van der Waals surface area contributed by atoms with E-state index >= 15 is 0 Å². The van der Waals surface area contributed by atoms with Crippen molar-refractivity contribution in [3.05, 3.63) is 42.3 Å². The zero-order valence-electron chi connectivity index (χ0n) is 8.07. The lowest BCUT2D eigenvalue weighted by atomic mass is 10.3. The number of hydrogen-bond donors (Lipinski definition) is 0. The van der Waals surface area contributed by atoms with Gasteiger partial charge in [0, 0.05) is 25.5 Å². The van der Waals surface area contributed by atoms with Crippen LogP contribution in [0.15, 0.2) is 36.6 Å². The van der Waals surface area contributed by atoms with Crippen molar-refractivity contribution in [2.45, 2.75) is 6.92 Å². The summed E-state index contributed by atoms with van der Waals surface area (Å²) in [5.41, 5.74) is 1.27. The maximum absolute atomic E-state index is 2.23.